The molecular formula is C16H24N4. The molecule has 1 aromatic rings. The van der Waals surface area contributed by atoms with Gasteiger partial charge in [0.15, 0.2) is 5.96 Å². The number of nitrogens with zero attached hydrogens (tertiary/aromatic N) is 2. The standard InChI is InChI=1S/C16H24N4/c1-17-16(18-11-13-7-8-13)19-14-9-10-20(12-14)15-5-3-2-4-6-15/h2-6,13-14H,7-12H2,1H3,(H2,17,18,19). The summed E-state index contributed by atoms with van der Waals surface area (Å²) >= 11 is 0. The van der Waals surface area contributed by atoms with Crippen LogP contribution in [0, 0.1) is 5.92 Å². The molecule has 2 N–H and O–H groups in total. The van der Waals surface area contributed by atoms with Gasteiger partial charge in [0, 0.05) is 38.4 Å². The van der Waals surface area contributed by atoms with E-state index in [1.807, 2.05) is 7.05 Å². The second kappa shape index (κ2) is 6.16. The highest BCUT2D eigenvalue weighted by Crippen LogP contribution is 2.27. The van der Waals surface area contributed by atoms with Crippen molar-refractivity contribution in [3.8, 4) is 0 Å². The quantitative estimate of drug-likeness (QED) is 0.649. The van der Waals surface area contributed by atoms with E-state index in [-0.39, 0.29) is 0 Å². The van der Waals surface area contributed by atoms with Gasteiger partial charge in [-0.05, 0) is 37.3 Å². The Kier molecular flexibility index (Phi) is 4.09. The third-order valence-corrected chi connectivity index (χ3v) is 4.13. The van der Waals surface area contributed by atoms with E-state index in [4.69, 9.17) is 0 Å². The second-order valence-electron chi connectivity index (χ2n) is 5.81. The molecule has 4 heteroatoms. The Morgan fingerprint density at radius 1 is 1.25 bits per heavy atom. The number of benzene rings is 1. The van der Waals surface area contributed by atoms with Crippen LogP contribution in [0.2, 0.25) is 0 Å². The molecule has 1 heterocycles. The largest absolute Gasteiger partial charge is 0.369 e. The van der Waals surface area contributed by atoms with Crippen LogP contribution in [0.25, 0.3) is 0 Å². The third-order valence-electron chi connectivity index (χ3n) is 4.13. The summed E-state index contributed by atoms with van der Waals surface area (Å²) < 4.78 is 0. The summed E-state index contributed by atoms with van der Waals surface area (Å²) in [5, 5.41) is 6.98. The van der Waals surface area contributed by atoms with Crippen molar-refractivity contribution in [2.24, 2.45) is 10.9 Å². The molecule has 1 saturated heterocycles. The molecule has 1 aliphatic carbocycles. The van der Waals surface area contributed by atoms with Gasteiger partial charge >= 0.3 is 0 Å². The van der Waals surface area contributed by atoms with Crippen molar-refractivity contribution in [1.29, 1.82) is 0 Å². The van der Waals surface area contributed by atoms with Gasteiger partial charge in [0.2, 0.25) is 0 Å². The monoisotopic (exact) mass is 272 g/mol. The Hall–Kier alpha value is -1.71. The summed E-state index contributed by atoms with van der Waals surface area (Å²) in [4.78, 5) is 6.76. The molecule has 3 rings (SSSR count). The highest BCUT2D eigenvalue weighted by atomic mass is 15.2. The summed E-state index contributed by atoms with van der Waals surface area (Å²) in [6.07, 6.45) is 3.91. The van der Waals surface area contributed by atoms with Crippen LogP contribution < -0.4 is 15.5 Å². The predicted octanol–water partition coefficient (Wildman–Crippen LogP) is 1.84. The van der Waals surface area contributed by atoms with E-state index in [1.165, 1.54) is 24.9 Å². The smallest absolute Gasteiger partial charge is 0.191 e. The molecule has 0 aromatic heterocycles. The van der Waals surface area contributed by atoms with Crippen molar-refractivity contribution in [3.05, 3.63) is 30.3 Å². The number of guanidine groups is 1. The number of rotatable bonds is 4. The lowest BCUT2D eigenvalue weighted by Gasteiger charge is -2.20. The number of hydrogen-bond acceptors (Lipinski definition) is 2. The fourth-order valence-corrected chi connectivity index (χ4v) is 2.70. The Morgan fingerprint density at radius 2 is 2.05 bits per heavy atom. The molecule has 108 valence electrons. The zero-order valence-corrected chi connectivity index (χ0v) is 12.2. The number of nitrogens with one attached hydrogen (secondary N) is 2. The van der Waals surface area contributed by atoms with Crippen LogP contribution >= 0.6 is 0 Å². The van der Waals surface area contributed by atoms with Gasteiger partial charge in [-0.3, -0.25) is 4.99 Å². The van der Waals surface area contributed by atoms with Crippen molar-refractivity contribution in [2.75, 3.05) is 31.6 Å². The number of anilines is 1. The van der Waals surface area contributed by atoms with E-state index in [0.29, 0.717) is 6.04 Å². The highest BCUT2D eigenvalue weighted by molar-refractivity contribution is 5.80. The Bertz CT molecular complexity index is 453. The Balaban J connectivity index is 1.49. The van der Waals surface area contributed by atoms with E-state index >= 15 is 0 Å². The van der Waals surface area contributed by atoms with Crippen LogP contribution in [-0.4, -0.2) is 38.7 Å². The minimum atomic E-state index is 0.487. The van der Waals surface area contributed by atoms with Gasteiger partial charge in [0.25, 0.3) is 0 Å². The summed E-state index contributed by atoms with van der Waals surface area (Å²) in [5.41, 5.74) is 1.32. The van der Waals surface area contributed by atoms with Crippen LogP contribution in [-0.2, 0) is 0 Å². The fourth-order valence-electron chi connectivity index (χ4n) is 2.70. The molecule has 1 unspecified atom stereocenters. The first kappa shape index (κ1) is 13.3. The van der Waals surface area contributed by atoms with Crippen molar-refractivity contribution < 1.29 is 0 Å². The minimum absolute atomic E-state index is 0.487. The van der Waals surface area contributed by atoms with E-state index in [1.54, 1.807) is 0 Å². The van der Waals surface area contributed by atoms with Crippen LogP contribution in [0.5, 0.6) is 0 Å². The summed E-state index contributed by atoms with van der Waals surface area (Å²) in [7, 11) is 1.85. The van der Waals surface area contributed by atoms with Crippen molar-refractivity contribution >= 4 is 11.6 Å². The van der Waals surface area contributed by atoms with E-state index < -0.39 is 0 Å². The summed E-state index contributed by atoms with van der Waals surface area (Å²) in [5.74, 6) is 1.83. The third kappa shape index (κ3) is 3.44. The number of hydrogen-bond donors (Lipinski definition) is 2. The fraction of sp³-hybridized carbons (Fsp3) is 0.562. The average molecular weight is 272 g/mol. The molecule has 4 nitrogen and oxygen atoms in total. The van der Waals surface area contributed by atoms with Crippen LogP contribution in [0.3, 0.4) is 0 Å². The molecule has 0 bridgehead atoms. The molecule has 2 fully saturated rings. The van der Waals surface area contributed by atoms with Gasteiger partial charge in [-0.1, -0.05) is 18.2 Å². The maximum atomic E-state index is 4.32. The Morgan fingerprint density at radius 3 is 2.75 bits per heavy atom. The topological polar surface area (TPSA) is 39.7 Å². The minimum Gasteiger partial charge on any atom is -0.369 e. The van der Waals surface area contributed by atoms with E-state index in [2.05, 4.69) is 50.9 Å². The molecule has 0 radical (unpaired) electrons. The molecule has 0 amide bonds. The van der Waals surface area contributed by atoms with Crippen LogP contribution in [0.15, 0.2) is 35.3 Å². The zero-order valence-electron chi connectivity index (χ0n) is 12.2. The molecule has 2 aliphatic rings. The van der Waals surface area contributed by atoms with Gasteiger partial charge < -0.3 is 15.5 Å². The molecule has 1 saturated carbocycles. The summed E-state index contributed by atoms with van der Waals surface area (Å²) in [6, 6.07) is 11.1. The van der Waals surface area contributed by atoms with Crippen molar-refractivity contribution in [1.82, 2.24) is 10.6 Å². The SMILES string of the molecule is CN=C(NCC1CC1)NC1CCN(c2ccccc2)C1. The summed E-state index contributed by atoms with van der Waals surface area (Å²) in [6.45, 7) is 3.23. The van der Waals surface area contributed by atoms with Gasteiger partial charge in [-0.15, -0.1) is 0 Å². The number of aliphatic imine (C=N–C) groups is 1. The predicted molar refractivity (Wildman–Crippen MR) is 84.3 cm³/mol. The zero-order chi connectivity index (χ0) is 13.8. The lowest BCUT2D eigenvalue weighted by molar-refractivity contribution is 0.641. The highest BCUT2D eigenvalue weighted by Gasteiger charge is 2.24. The van der Waals surface area contributed by atoms with Gasteiger partial charge in [0.05, 0.1) is 0 Å². The lowest BCUT2D eigenvalue weighted by Crippen LogP contribution is -2.45. The van der Waals surface area contributed by atoms with Gasteiger partial charge in [-0.25, -0.2) is 0 Å². The van der Waals surface area contributed by atoms with Gasteiger partial charge in [-0.2, -0.15) is 0 Å². The molecule has 20 heavy (non-hydrogen) atoms. The van der Waals surface area contributed by atoms with E-state index in [9.17, 15) is 0 Å². The van der Waals surface area contributed by atoms with Crippen molar-refractivity contribution in [3.63, 3.8) is 0 Å². The van der Waals surface area contributed by atoms with Crippen LogP contribution in [0.1, 0.15) is 19.3 Å². The molecule has 1 atom stereocenters. The molecular weight excluding hydrogens is 248 g/mol. The second-order valence-corrected chi connectivity index (χ2v) is 5.81. The average Bonchev–Trinajstić information content (AvgIpc) is 3.21. The first-order chi connectivity index (χ1) is 9.85. The Labute approximate surface area is 121 Å². The van der Waals surface area contributed by atoms with Gasteiger partial charge in [0.1, 0.15) is 0 Å². The maximum Gasteiger partial charge on any atom is 0.191 e. The maximum absolute atomic E-state index is 4.32. The van der Waals surface area contributed by atoms with Crippen LogP contribution in [0.4, 0.5) is 5.69 Å². The molecule has 1 aromatic carbocycles. The van der Waals surface area contributed by atoms with E-state index in [0.717, 1.165) is 31.5 Å². The normalized spacial score (nSPS) is 22.9. The first-order valence-corrected chi connectivity index (χ1v) is 7.62. The number of para-hydroxylation sites is 1. The lowest BCUT2D eigenvalue weighted by atomic mass is 10.2. The first-order valence-electron chi connectivity index (χ1n) is 7.62. The molecule has 0 spiro atoms. The van der Waals surface area contributed by atoms with Crippen molar-refractivity contribution in [2.45, 2.75) is 25.3 Å². The molecule has 1 aliphatic heterocycles.